The van der Waals surface area contributed by atoms with Crippen molar-refractivity contribution in [3.8, 4) is 5.75 Å². The monoisotopic (exact) mass is 313 g/mol. The van der Waals surface area contributed by atoms with Crippen LogP contribution in [0.2, 0.25) is 0 Å². The summed E-state index contributed by atoms with van der Waals surface area (Å²) < 4.78 is 29.1. The van der Waals surface area contributed by atoms with Crippen molar-refractivity contribution in [1.82, 2.24) is 4.57 Å². The second kappa shape index (κ2) is 6.11. The van der Waals surface area contributed by atoms with Crippen LogP contribution in [-0.2, 0) is 15.6 Å². The van der Waals surface area contributed by atoms with Crippen LogP contribution in [-0.4, -0.2) is 19.6 Å². The topological polar surface area (TPSA) is 65.4 Å². The van der Waals surface area contributed by atoms with E-state index < -0.39 is 9.05 Å². The molecule has 0 atom stereocenters. The summed E-state index contributed by atoms with van der Waals surface area (Å²) in [5.74, 6) is 0.512. The van der Waals surface area contributed by atoms with Gasteiger partial charge >= 0.3 is 0 Å². The van der Waals surface area contributed by atoms with Gasteiger partial charge in [-0.1, -0.05) is 6.07 Å². The van der Waals surface area contributed by atoms with Gasteiger partial charge in [-0.25, -0.2) is 8.42 Å². The van der Waals surface area contributed by atoms with Gasteiger partial charge in [-0.05, 0) is 30.3 Å². The number of rotatable bonds is 5. The van der Waals surface area contributed by atoms with E-state index in [9.17, 15) is 13.2 Å². The molecule has 0 aliphatic heterocycles. The molecule has 0 saturated heterocycles. The molecule has 0 amide bonds. The minimum atomic E-state index is -3.72. The van der Waals surface area contributed by atoms with Gasteiger partial charge in [0.2, 0.25) is 0 Å². The van der Waals surface area contributed by atoms with Crippen LogP contribution in [0.5, 0.6) is 5.75 Å². The zero-order valence-electron chi connectivity index (χ0n) is 10.4. The number of hydrogen-bond acceptors (Lipinski definition) is 4. The zero-order valence-corrected chi connectivity index (χ0v) is 12.0. The molecule has 0 N–H and O–H groups in total. The summed E-state index contributed by atoms with van der Waals surface area (Å²) in [5.41, 5.74) is -0.0975. The second-order valence-electron chi connectivity index (χ2n) is 3.99. The molecule has 106 valence electrons. The van der Waals surface area contributed by atoms with E-state index in [0.29, 0.717) is 18.9 Å². The maximum absolute atomic E-state index is 11.4. The molecular weight excluding hydrogens is 302 g/mol. The Labute approximate surface area is 120 Å². The summed E-state index contributed by atoms with van der Waals surface area (Å²) in [7, 11) is 1.49. The van der Waals surface area contributed by atoms with Gasteiger partial charge in [0.25, 0.3) is 14.6 Å². The van der Waals surface area contributed by atoms with Crippen LogP contribution in [0, 0.1) is 0 Å². The zero-order chi connectivity index (χ0) is 14.6. The average molecular weight is 314 g/mol. The highest BCUT2D eigenvalue weighted by Crippen LogP contribution is 2.18. The standard InChI is InChI=1S/C13H12ClNO4S/c14-20(17,18)12-6-4-11(5-7-12)19-10-9-15-8-2-1-3-13(15)16/h1-8H,9-10H2. The van der Waals surface area contributed by atoms with E-state index in [1.165, 1.54) is 34.9 Å². The minimum absolute atomic E-state index is 0.0193. The smallest absolute Gasteiger partial charge is 0.261 e. The fraction of sp³-hybridized carbons (Fsp3) is 0.154. The molecule has 0 unspecified atom stereocenters. The number of aromatic nitrogens is 1. The summed E-state index contributed by atoms with van der Waals surface area (Å²) in [4.78, 5) is 11.5. The van der Waals surface area contributed by atoms with Gasteiger partial charge in [-0.3, -0.25) is 4.79 Å². The molecule has 5 nitrogen and oxygen atoms in total. The van der Waals surface area contributed by atoms with Gasteiger partial charge in [0.1, 0.15) is 12.4 Å². The third-order valence-corrected chi connectivity index (χ3v) is 3.97. The van der Waals surface area contributed by atoms with Crippen molar-refractivity contribution >= 4 is 19.7 Å². The highest BCUT2D eigenvalue weighted by molar-refractivity contribution is 8.13. The number of pyridine rings is 1. The van der Waals surface area contributed by atoms with Crippen LogP contribution in [0.3, 0.4) is 0 Å². The van der Waals surface area contributed by atoms with E-state index in [1.807, 2.05) is 0 Å². The molecule has 1 aromatic heterocycles. The number of nitrogens with zero attached hydrogens (tertiary/aromatic N) is 1. The lowest BCUT2D eigenvalue weighted by Crippen LogP contribution is -2.21. The molecule has 1 aromatic carbocycles. The highest BCUT2D eigenvalue weighted by Gasteiger charge is 2.09. The molecular formula is C13H12ClNO4S. The molecule has 0 saturated carbocycles. The SMILES string of the molecule is O=c1ccccn1CCOc1ccc(S(=O)(=O)Cl)cc1. The highest BCUT2D eigenvalue weighted by atomic mass is 35.7. The molecule has 0 aliphatic carbocycles. The van der Waals surface area contributed by atoms with E-state index in [0.717, 1.165) is 0 Å². The van der Waals surface area contributed by atoms with E-state index in [4.69, 9.17) is 15.4 Å². The second-order valence-corrected chi connectivity index (χ2v) is 6.56. The number of ether oxygens (including phenoxy) is 1. The van der Waals surface area contributed by atoms with Gasteiger partial charge in [-0.2, -0.15) is 0 Å². The molecule has 1 heterocycles. The van der Waals surface area contributed by atoms with Gasteiger partial charge in [0, 0.05) is 22.9 Å². The lowest BCUT2D eigenvalue weighted by Gasteiger charge is -2.08. The van der Waals surface area contributed by atoms with Crippen molar-refractivity contribution in [2.75, 3.05) is 6.61 Å². The Morgan fingerprint density at radius 1 is 1.10 bits per heavy atom. The van der Waals surface area contributed by atoms with Crippen LogP contribution >= 0.6 is 10.7 Å². The molecule has 0 radical (unpaired) electrons. The Bertz CT molecular complexity index is 737. The summed E-state index contributed by atoms with van der Waals surface area (Å²) in [6.07, 6.45) is 1.68. The van der Waals surface area contributed by atoms with Crippen LogP contribution < -0.4 is 10.3 Å². The summed E-state index contributed by atoms with van der Waals surface area (Å²) in [6, 6.07) is 10.7. The number of halogens is 1. The first-order valence-corrected chi connectivity index (χ1v) is 8.11. The first kappa shape index (κ1) is 14.6. The first-order valence-electron chi connectivity index (χ1n) is 5.80. The van der Waals surface area contributed by atoms with E-state index in [1.54, 1.807) is 18.3 Å². The molecule has 2 aromatic rings. The molecule has 0 aliphatic rings. The first-order chi connectivity index (χ1) is 9.47. The van der Waals surface area contributed by atoms with Gasteiger partial charge in [0.15, 0.2) is 0 Å². The maximum atomic E-state index is 11.4. The van der Waals surface area contributed by atoms with Crippen molar-refractivity contribution < 1.29 is 13.2 Å². The van der Waals surface area contributed by atoms with Crippen molar-refractivity contribution in [3.05, 3.63) is 59.0 Å². The number of hydrogen-bond donors (Lipinski definition) is 0. The third-order valence-electron chi connectivity index (χ3n) is 2.61. The molecule has 20 heavy (non-hydrogen) atoms. The maximum Gasteiger partial charge on any atom is 0.261 e. The summed E-state index contributed by atoms with van der Waals surface area (Å²) >= 11 is 0. The third kappa shape index (κ3) is 3.85. The molecule has 0 spiro atoms. The molecule has 7 heteroatoms. The predicted octanol–water partition coefficient (Wildman–Crippen LogP) is 1.85. The lowest BCUT2D eigenvalue weighted by atomic mass is 10.3. The molecule has 0 fully saturated rings. The average Bonchev–Trinajstić information content (AvgIpc) is 2.40. The predicted molar refractivity (Wildman–Crippen MR) is 75.7 cm³/mol. The van der Waals surface area contributed by atoms with Crippen LogP contribution in [0.15, 0.2) is 58.4 Å². The van der Waals surface area contributed by atoms with Crippen molar-refractivity contribution in [1.29, 1.82) is 0 Å². The van der Waals surface area contributed by atoms with Gasteiger partial charge in [-0.15, -0.1) is 0 Å². The fourth-order valence-corrected chi connectivity index (χ4v) is 2.38. The van der Waals surface area contributed by atoms with Crippen LogP contribution in [0.4, 0.5) is 0 Å². The van der Waals surface area contributed by atoms with E-state index in [-0.39, 0.29) is 10.5 Å². The lowest BCUT2D eigenvalue weighted by molar-refractivity contribution is 0.296. The molecule has 2 rings (SSSR count). The minimum Gasteiger partial charge on any atom is -0.492 e. The Morgan fingerprint density at radius 2 is 1.80 bits per heavy atom. The summed E-state index contributed by atoms with van der Waals surface area (Å²) in [5, 5.41) is 0. The normalized spacial score (nSPS) is 11.2. The summed E-state index contributed by atoms with van der Waals surface area (Å²) in [6.45, 7) is 0.714. The Kier molecular flexibility index (Phi) is 4.46. The Morgan fingerprint density at radius 3 is 2.40 bits per heavy atom. The van der Waals surface area contributed by atoms with E-state index in [2.05, 4.69) is 0 Å². The van der Waals surface area contributed by atoms with E-state index >= 15 is 0 Å². The van der Waals surface area contributed by atoms with Crippen LogP contribution in [0.1, 0.15) is 0 Å². The van der Waals surface area contributed by atoms with Gasteiger partial charge < -0.3 is 9.30 Å². The quantitative estimate of drug-likeness (QED) is 0.790. The Balaban J connectivity index is 1.95. The van der Waals surface area contributed by atoms with Crippen molar-refractivity contribution in [2.24, 2.45) is 0 Å². The van der Waals surface area contributed by atoms with Gasteiger partial charge in [0.05, 0.1) is 11.4 Å². The number of benzene rings is 1. The van der Waals surface area contributed by atoms with Crippen LogP contribution in [0.25, 0.3) is 0 Å². The fourth-order valence-electron chi connectivity index (χ4n) is 1.61. The Hall–Kier alpha value is -1.79. The largest absolute Gasteiger partial charge is 0.492 e. The molecule has 0 bridgehead atoms. The van der Waals surface area contributed by atoms with Crippen molar-refractivity contribution in [2.45, 2.75) is 11.4 Å². The van der Waals surface area contributed by atoms with Crippen molar-refractivity contribution in [3.63, 3.8) is 0 Å².